The third-order valence-electron chi connectivity index (χ3n) is 2.92. The number of thiophene rings is 1. The van der Waals surface area contributed by atoms with E-state index in [0.29, 0.717) is 6.54 Å². The van der Waals surface area contributed by atoms with Crippen molar-refractivity contribution in [1.29, 1.82) is 0 Å². The summed E-state index contributed by atoms with van der Waals surface area (Å²) in [6.45, 7) is 3.13. The first-order valence-electron chi connectivity index (χ1n) is 5.86. The Bertz CT molecular complexity index is 624. The molecule has 0 unspecified atom stereocenters. The molecule has 0 saturated heterocycles. The molecule has 1 N–H and O–H groups in total. The molecular formula is C13H12Br2N2O2S. The van der Waals surface area contributed by atoms with Crippen LogP contribution in [-0.4, -0.2) is 4.92 Å². The fourth-order valence-electron chi connectivity index (χ4n) is 1.86. The molecule has 0 aliphatic heterocycles. The van der Waals surface area contributed by atoms with E-state index in [4.69, 9.17) is 0 Å². The lowest BCUT2D eigenvalue weighted by atomic mass is 10.1. The fraction of sp³-hybridized carbons (Fsp3) is 0.231. The summed E-state index contributed by atoms with van der Waals surface area (Å²) in [5, 5.41) is 14.2. The Labute approximate surface area is 137 Å². The van der Waals surface area contributed by atoms with E-state index in [-0.39, 0.29) is 10.6 Å². The highest BCUT2D eigenvalue weighted by Crippen LogP contribution is 2.32. The lowest BCUT2D eigenvalue weighted by Gasteiger charge is -2.07. The van der Waals surface area contributed by atoms with Gasteiger partial charge in [0, 0.05) is 34.1 Å². The number of nitro groups is 1. The van der Waals surface area contributed by atoms with Crippen LogP contribution in [0.1, 0.15) is 16.0 Å². The third kappa shape index (κ3) is 3.66. The third-order valence-corrected chi connectivity index (χ3v) is 6.18. The van der Waals surface area contributed by atoms with Crippen LogP contribution in [0, 0.1) is 17.0 Å². The molecule has 1 aromatic heterocycles. The van der Waals surface area contributed by atoms with Gasteiger partial charge in [0.1, 0.15) is 0 Å². The zero-order valence-electron chi connectivity index (χ0n) is 10.7. The van der Waals surface area contributed by atoms with Gasteiger partial charge < -0.3 is 5.32 Å². The summed E-state index contributed by atoms with van der Waals surface area (Å²) < 4.78 is 2.12. The Morgan fingerprint density at radius 3 is 2.70 bits per heavy atom. The summed E-state index contributed by atoms with van der Waals surface area (Å²) >= 11 is 8.57. The van der Waals surface area contributed by atoms with Crippen LogP contribution in [0.5, 0.6) is 0 Å². The highest BCUT2D eigenvalue weighted by molar-refractivity contribution is 9.13. The molecule has 0 amide bonds. The molecule has 0 aliphatic rings. The number of hydrogen-bond donors (Lipinski definition) is 1. The molecular weight excluding hydrogens is 408 g/mol. The van der Waals surface area contributed by atoms with E-state index < -0.39 is 0 Å². The summed E-state index contributed by atoms with van der Waals surface area (Å²) in [7, 11) is 0. The maximum atomic E-state index is 10.9. The Balaban J connectivity index is 2.01. The SMILES string of the molecule is Cc1c(CNCc2cc(Br)c(Br)s2)cccc1[N+](=O)[O-]. The molecule has 1 aromatic carbocycles. The highest BCUT2D eigenvalue weighted by Gasteiger charge is 2.12. The van der Waals surface area contributed by atoms with Gasteiger partial charge in [0.25, 0.3) is 5.69 Å². The molecule has 0 fully saturated rings. The van der Waals surface area contributed by atoms with Crippen molar-refractivity contribution in [1.82, 2.24) is 5.32 Å². The summed E-state index contributed by atoms with van der Waals surface area (Å²) in [5.41, 5.74) is 1.85. The van der Waals surface area contributed by atoms with Crippen molar-refractivity contribution >= 4 is 48.9 Å². The Morgan fingerprint density at radius 2 is 2.10 bits per heavy atom. The molecule has 20 heavy (non-hydrogen) atoms. The van der Waals surface area contributed by atoms with Crippen molar-refractivity contribution in [3.8, 4) is 0 Å². The molecule has 0 spiro atoms. The normalized spacial score (nSPS) is 10.8. The van der Waals surface area contributed by atoms with Crippen LogP contribution in [0.2, 0.25) is 0 Å². The largest absolute Gasteiger partial charge is 0.308 e. The van der Waals surface area contributed by atoms with E-state index >= 15 is 0 Å². The molecule has 2 rings (SSSR count). The minimum atomic E-state index is -0.341. The molecule has 0 radical (unpaired) electrons. The van der Waals surface area contributed by atoms with Crippen LogP contribution in [0.15, 0.2) is 32.5 Å². The Hall–Kier alpha value is -0.760. The minimum Gasteiger partial charge on any atom is -0.308 e. The second-order valence-corrected chi connectivity index (χ2v) is 7.57. The summed E-state index contributed by atoms with van der Waals surface area (Å²) in [6.07, 6.45) is 0. The van der Waals surface area contributed by atoms with E-state index in [0.717, 1.165) is 25.9 Å². The maximum absolute atomic E-state index is 10.9. The Morgan fingerprint density at radius 1 is 1.35 bits per heavy atom. The first-order chi connectivity index (χ1) is 9.49. The van der Waals surface area contributed by atoms with Crippen molar-refractivity contribution in [2.24, 2.45) is 0 Å². The number of halogens is 2. The predicted molar refractivity (Wildman–Crippen MR) is 88.1 cm³/mol. The molecule has 0 bridgehead atoms. The minimum absolute atomic E-state index is 0.172. The average Bonchev–Trinajstić information content (AvgIpc) is 2.70. The van der Waals surface area contributed by atoms with Crippen LogP contribution in [-0.2, 0) is 13.1 Å². The Kier molecular flexibility index (Phi) is 5.31. The molecule has 0 atom stereocenters. The lowest BCUT2D eigenvalue weighted by Crippen LogP contribution is -2.13. The number of hydrogen-bond acceptors (Lipinski definition) is 4. The van der Waals surface area contributed by atoms with Gasteiger partial charge >= 0.3 is 0 Å². The van der Waals surface area contributed by atoms with Gasteiger partial charge in [0.05, 0.1) is 8.71 Å². The summed E-state index contributed by atoms with van der Waals surface area (Å²) in [4.78, 5) is 11.7. The van der Waals surface area contributed by atoms with Crippen LogP contribution >= 0.6 is 43.2 Å². The van der Waals surface area contributed by atoms with Crippen molar-refractivity contribution in [2.75, 3.05) is 0 Å². The van der Waals surface area contributed by atoms with E-state index in [1.807, 2.05) is 6.07 Å². The van der Waals surface area contributed by atoms with Crippen LogP contribution in [0.25, 0.3) is 0 Å². The van der Waals surface area contributed by atoms with Gasteiger partial charge in [0.2, 0.25) is 0 Å². The van der Waals surface area contributed by atoms with Gasteiger partial charge in [-0.05, 0) is 50.4 Å². The summed E-state index contributed by atoms with van der Waals surface area (Å²) in [6, 6.07) is 7.23. The van der Waals surface area contributed by atoms with E-state index in [1.165, 1.54) is 10.9 Å². The molecule has 7 heteroatoms. The topological polar surface area (TPSA) is 55.2 Å². The number of nitrogens with one attached hydrogen (secondary N) is 1. The standard InChI is InChI=1S/C13H12Br2N2O2S/c1-8-9(3-2-4-12(8)17(18)19)6-16-7-10-5-11(14)13(15)20-10/h2-5,16H,6-7H2,1H3. The van der Waals surface area contributed by atoms with Crippen molar-refractivity contribution in [3.63, 3.8) is 0 Å². The fourth-order valence-corrected chi connectivity index (χ4v) is 4.00. The first-order valence-corrected chi connectivity index (χ1v) is 8.26. The molecule has 106 valence electrons. The van der Waals surface area contributed by atoms with Gasteiger partial charge in [-0.2, -0.15) is 0 Å². The number of benzene rings is 1. The molecule has 2 aromatic rings. The van der Waals surface area contributed by atoms with Crippen LogP contribution in [0.4, 0.5) is 5.69 Å². The second kappa shape index (κ2) is 6.80. The van der Waals surface area contributed by atoms with Gasteiger partial charge in [-0.25, -0.2) is 0 Å². The van der Waals surface area contributed by atoms with Crippen molar-refractivity contribution in [2.45, 2.75) is 20.0 Å². The van der Waals surface area contributed by atoms with Gasteiger partial charge in [-0.1, -0.05) is 12.1 Å². The van der Waals surface area contributed by atoms with Gasteiger partial charge in [0.15, 0.2) is 0 Å². The van der Waals surface area contributed by atoms with Crippen molar-refractivity contribution in [3.05, 3.63) is 58.6 Å². The highest BCUT2D eigenvalue weighted by atomic mass is 79.9. The van der Waals surface area contributed by atoms with Gasteiger partial charge in [-0.15, -0.1) is 11.3 Å². The second-order valence-electron chi connectivity index (χ2n) is 4.26. The smallest absolute Gasteiger partial charge is 0.272 e. The quantitative estimate of drug-likeness (QED) is 0.560. The van der Waals surface area contributed by atoms with Crippen LogP contribution in [0.3, 0.4) is 0 Å². The van der Waals surface area contributed by atoms with Crippen molar-refractivity contribution < 1.29 is 4.92 Å². The van der Waals surface area contributed by atoms with E-state index in [9.17, 15) is 10.1 Å². The van der Waals surface area contributed by atoms with E-state index in [2.05, 4.69) is 43.2 Å². The maximum Gasteiger partial charge on any atom is 0.272 e. The van der Waals surface area contributed by atoms with Crippen LogP contribution < -0.4 is 5.32 Å². The first kappa shape index (κ1) is 15.6. The van der Waals surface area contributed by atoms with E-state index in [1.54, 1.807) is 24.3 Å². The number of nitro benzene ring substituents is 1. The van der Waals surface area contributed by atoms with Gasteiger partial charge in [-0.3, -0.25) is 10.1 Å². The number of rotatable bonds is 5. The molecule has 4 nitrogen and oxygen atoms in total. The zero-order chi connectivity index (χ0) is 14.7. The average molecular weight is 420 g/mol. The molecule has 0 saturated carbocycles. The predicted octanol–water partition coefficient (Wildman–Crippen LogP) is 4.78. The summed E-state index contributed by atoms with van der Waals surface area (Å²) in [5.74, 6) is 0. The molecule has 1 heterocycles. The monoisotopic (exact) mass is 418 g/mol. The lowest BCUT2D eigenvalue weighted by molar-refractivity contribution is -0.385. The zero-order valence-corrected chi connectivity index (χ0v) is 14.6. The molecule has 0 aliphatic carbocycles. The number of nitrogens with zero attached hydrogens (tertiary/aromatic N) is 1.